The van der Waals surface area contributed by atoms with Crippen molar-refractivity contribution in [3.8, 4) is 0 Å². The van der Waals surface area contributed by atoms with Crippen molar-refractivity contribution in [3.05, 3.63) is 52.8 Å². The van der Waals surface area contributed by atoms with E-state index in [9.17, 15) is 0 Å². The van der Waals surface area contributed by atoms with Crippen molar-refractivity contribution < 1.29 is 0 Å². The summed E-state index contributed by atoms with van der Waals surface area (Å²) in [7, 11) is 0. The van der Waals surface area contributed by atoms with Crippen LogP contribution >= 0.6 is 0 Å². The zero-order chi connectivity index (χ0) is 14.4. The van der Waals surface area contributed by atoms with Gasteiger partial charge in [-0.05, 0) is 44.6 Å². The molecule has 3 heteroatoms. The maximum Gasteiger partial charge on any atom is 0.0743 e. The van der Waals surface area contributed by atoms with Crippen LogP contribution in [-0.2, 0) is 6.42 Å². The van der Waals surface area contributed by atoms with E-state index in [0.29, 0.717) is 5.92 Å². The van der Waals surface area contributed by atoms with Gasteiger partial charge in [-0.2, -0.15) is 5.10 Å². The number of hydrogen-bond donors (Lipinski definition) is 1. The second-order valence-corrected chi connectivity index (χ2v) is 6.55. The average Bonchev–Trinajstić information content (AvgIpc) is 3.29. The minimum atomic E-state index is 0.195. The fourth-order valence-electron chi connectivity index (χ4n) is 3.64. The Bertz CT molecular complexity index is 640. The van der Waals surface area contributed by atoms with Crippen LogP contribution in [0.25, 0.3) is 0 Å². The van der Waals surface area contributed by atoms with Gasteiger partial charge in [0.15, 0.2) is 0 Å². The zero-order valence-corrected chi connectivity index (χ0v) is 12.6. The lowest BCUT2D eigenvalue weighted by Gasteiger charge is -2.23. The Kier molecular flexibility index (Phi) is 3.11. The highest BCUT2D eigenvalue weighted by Crippen LogP contribution is 2.45. The van der Waals surface area contributed by atoms with Crippen LogP contribution in [0.5, 0.6) is 0 Å². The number of rotatable bonds is 3. The Hall–Kier alpha value is -1.61. The molecule has 2 atom stereocenters. The van der Waals surface area contributed by atoms with E-state index < -0.39 is 0 Å². The second kappa shape index (κ2) is 4.99. The first-order valence-corrected chi connectivity index (χ1v) is 8.17. The lowest BCUT2D eigenvalue weighted by molar-refractivity contribution is 0.498. The Balaban J connectivity index is 1.80. The normalized spacial score (nSPS) is 22.9. The van der Waals surface area contributed by atoms with E-state index in [0.717, 1.165) is 12.8 Å². The van der Waals surface area contributed by atoms with Crippen LogP contribution in [0, 0.1) is 0 Å². The van der Waals surface area contributed by atoms with Crippen LogP contribution in [0.4, 0.5) is 0 Å². The number of benzene rings is 1. The maximum absolute atomic E-state index is 6.41. The number of nitrogens with two attached hydrogens (primary N) is 1. The smallest absolute Gasteiger partial charge is 0.0743 e. The van der Waals surface area contributed by atoms with Crippen LogP contribution in [0.1, 0.15) is 73.1 Å². The van der Waals surface area contributed by atoms with Crippen molar-refractivity contribution in [1.29, 1.82) is 0 Å². The molecule has 2 aromatic rings. The molecule has 2 aliphatic rings. The molecule has 21 heavy (non-hydrogen) atoms. The molecule has 0 aliphatic heterocycles. The van der Waals surface area contributed by atoms with Gasteiger partial charge < -0.3 is 5.73 Å². The van der Waals surface area contributed by atoms with E-state index in [2.05, 4.69) is 41.9 Å². The molecule has 1 fully saturated rings. The summed E-state index contributed by atoms with van der Waals surface area (Å²) in [4.78, 5) is 0. The van der Waals surface area contributed by atoms with Gasteiger partial charge in [-0.1, -0.05) is 30.3 Å². The molecule has 4 rings (SSSR count). The molecule has 2 unspecified atom stereocenters. The van der Waals surface area contributed by atoms with Gasteiger partial charge in [0, 0.05) is 23.2 Å². The van der Waals surface area contributed by atoms with Crippen LogP contribution in [0.2, 0.25) is 0 Å². The average molecular weight is 281 g/mol. The Morgan fingerprint density at radius 3 is 2.67 bits per heavy atom. The Labute approximate surface area is 126 Å². The van der Waals surface area contributed by atoms with Gasteiger partial charge in [0.05, 0.1) is 11.7 Å². The molecule has 110 valence electrons. The first kappa shape index (κ1) is 13.1. The van der Waals surface area contributed by atoms with Crippen LogP contribution in [-0.4, -0.2) is 9.78 Å². The van der Waals surface area contributed by atoms with Gasteiger partial charge in [-0.25, -0.2) is 0 Å². The van der Waals surface area contributed by atoms with E-state index in [-0.39, 0.29) is 12.1 Å². The van der Waals surface area contributed by atoms with Crippen molar-refractivity contribution in [2.24, 2.45) is 5.73 Å². The SMILES string of the molecule is CC(c1ccccc1)n1nc(C2CC2)c2c1CCCC2N. The monoisotopic (exact) mass is 281 g/mol. The standard InChI is InChI=1S/C18H23N3/c1-12(13-6-3-2-4-7-13)21-16-9-5-8-15(19)17(16)18(20-21)14-10-11-14/h2-4,6-7,12,14-15H,5,8-11,19H2,1H3. The number of hydrogen-bond acceptors (Lipinski definition) is 2. The summed E-state index contributed by atoms with van der Waals surface area (Å²) < 4.78 is 2.26. The van der Waals surface area contributed by atoms with Crippen LogP contribution in [0.3, 0.4) is 0 Å². The molecule has 0 radical (unpaired) electrons. The van der Waals surface area contributed by atoms with E-state index in [1.54, 1.807) is 0 Å². The van der Waals surface area contributed by atoms with Gasteiger partial charge >= 0.3 is 0 Å². The topological polar surface area (TPSA) is 43.8 Å². The fraction of sp³-hybridized carbons (Fsp3) is 0.500. The van der Waals surface area contributed by atoms with Gasteiger partial charge in [0.1, 0.15) is 0 Å². The molecule has 0 saturated heterocycles. The van der Waals surface area contributed by atoms with E-state index in [1.807, 2.05) is 0 Å². The predicted octanol–water partition coefficient (Wildman–Crippen LogP) is 3.71. The predicted molar refractivity (Wildman–Crippen MR) is 84.3 cm³/mol. The Morgan fingerprint density at radius 2 is 1.95 bits per heavy atom. The molecule has 3 nitrogen and oxygen atoms in total. The molecule has 1 heterocycles. The van der Waals surface area contributed by atoms with Crippen molar-refractivity contribution in [3.63, 3.8) is 0 Å². The third kappa shape index (κ3) is 2.20. The highest BCUT2D eigenvalue weighted by molar-refractivity contribution is 5.37. The molecule has 2 aliphatic carbocycles. The highest BCUT2D eigenvalue weighted by atomic mass is 15.3. The van der Waals surface area contributed by atoms with Crippen LogP contribution in [0.15, 0.2) is 30.3 Å². The van der Waals surface area contributed by atoms with E-state index in [4.69, 9.17) is 10.8 Å². The number of fused-ring (bicyclic) bond motifs is 1. The fourth-order valence-corrected chi connectivity index (χ4v) is 3.64. The third-order valence-electron chi connectivity index (χ3n) is 4.99. The molecule has 2 N–H and O–H groups in total. The molecular weight excluding hydrogens is 258 g/mol. The number of aromatic nitrogens is 2. The number of nitrogens with zero attached hydrogens (tertiary/aromatic N) is 2. The summed E-state index contributed by atoms with van der Waals surface area (Å²) in [6.45, 7) is 2.25. The lowest BCUT2D eigenvalue weighted by atomic mass is 9.90. The van der Waals surface area contributed by atoms with Gasteiger partial charge in [-0.3, -0.25) is 4.68 Å². The molecule has 1 aromatic carbocycles. The van der Waals surface area contributed by atoms with Crippen molar-refractivity contribution in [2.45, 2.75) is 57.0 Å². The minimum Gasteiger partial charge on any atom is -0.324 e. The highest BCUT2D eigenvalue weighted by Gasteiger charge is 2.35. The Morgan fingerprint density at radius 1 is 1.19 bits per heavy atom. The lowest BCUT2D eigenvalue weighted by Crippen LogP contribution is -2.20. The summed E-state index contributed by atoms with van der Waals surface area (Å²) in [5.74, 6) is 0.673. The van der Waals surface area contributed by atoms with Gasteiger partial charge in [0.2, 0.25) is 0 Å². The largest absolute Gasteiger partial charge is 0.324 e. The summed E-state index contributed by atoms with van der Waals surface area (Å²) in [6.07, 6.45) is 6.00. The molecule has 1 saturated carbocycles. The molecule has 1 aromatic heterocycles. The minimum absolute atomic E-state index is 0.195. The second-order valence-electron chi connectivity index (χ2n) is 6.55. The summed E-state index contributed by atoms with van der Waals surface area (Å²) >= 11 is 0. The van der Waals surface area contributed by atoms with Crippen molar-refractivity contribution in [1.82, 2.24) is 9.78 Å². The van der Waals surface area contributed by atoms with Crippen molar-refractivity contribution in [2.75, 3.05) is 0 Å². The maximum atomic E-state index is 6.41. The molecule has 0 spiro atoms. The summed E-state index contributed by atoms with van der Waals surface area (Å²) in [5.41, 5.74) is 11.8. The summed E-state index contributed by atoms with van der Waals surface area (Å²) in [5, 5.41) is 5.02. The van der Waals surface area contributed by atoms with Gasteiger partial charge in [0.25, 0.3) is 0 Å². The molecule has 0 bridgehead atoms. The quantitative estimate of drug-likeness (QED) is 0.932. The van der Waals surface area contributed by atoms with Gasteiger partial charge in [-0.15, -0.1) is 0 Å². The first-order valence-electron chi connectivity index (χ1n) is 8.17. The summed E-state index contributed by atoms with van der Waals surface area (Å²) in [6, 6.07) is 11.2. The van der Waals surface area contributed by atoms with E-state index in [1.165, 1.54) is 41.8 Å². The first-order chi connectivity index (χ1) is 10.3. The molecule has 0 amide bonds. The third-order valence-corrected chi connectivity index (χ3v) is 4.99. The zero-order valence-electron chi connectivity index (χ0n) is 12.6. The van der Waals surface area contributed by atoms with Crippen molar-refractivity contribution >= 4 is 0 Å². The molecular formula is C18H23N3. The van der Waals surface area contributed by atoms with Crippen LogP contribution < -0.4 is 5.73 Å². The van der Waals surface area contributed by atoms with E-state index >= 15 is 0 Å².